The number of aryl methyl sites for hydroxylation is 2. The van der Waals surface area contributed by atoms with Gasteiger partial charge in [-0.15, -0.1) is 0 Å². The standard InChI is InChI=1S/C16H31N3/c1-6-10-17-15(9-8-13(3)4)12-16-11-14(5)18-19(16)7-2/h11,13,15,17H,6-10,12H2,1-5H3. The molecule has 19 heavy (non-hydrogen) atoms. The minimum Gasteiger partial charge on any atom is -0.314 e. The Bertz CT molecular complexity index is 355. The topological polar surface area (TPSA) is 29.9 Å². The average Bonchev–Trinajstić information content (AvgIpc) is 2.72. The second kappa shape index (κ2) is 8.36. The molecule has 1 aromatic heterocycles. The van der Waals surface area contributed by atoms with E-state index in [9.17, 15) is 0 Å². The highest BCUT2D eigenvalue weighted by atomic mass is 15.3. The summed E-state index contributed by atoms with van der Waals surface area (Å²) in [6, 6.07) is 2.82. The molecule has 1 heterocycles. The third-order valence-corrected chi connectivity index (χ3v) is 3.52. The van der Waals surface area contributed by atoms with Crippen molar-refractivity contribution in [2.24, 2.45) is 5.92 Å². The van der Waals surface area contributed by atoms with E-state index in [1.54, 1.807) is 0 Å². The summed E-state index contributed by atoms with van der Waals surface area (Å²) in [4.78, 5) is 0. The van der Waals surface area contributed by atoms with Crippen LogP contribution in [0.4, 0.5) is 0 Å². The first-order chi connectivity index (χ1) is 9.06. The molecule has 1 rings (SSSR count). The van der Waals surface area contributed by atoms with Crippen molar-refractivity contribution < 1.29 is 0 Å². The van der Waals surface area contributed by atoms with Gasteiger partial charge < -0.3 is 5.32 Å². The lowest BCUT2D eigenvalue weighted by molar-refractivity contribution is 0.418. The van der Waals surface area contributed by atoms with Crippen LogP contribution in [0.5, 0.6) is 0 Å². The molecule has 0 bridgehead atoms. The molecule has 0 saturated carbocycles. The molecule has 0 saturated heterocycles. The quantitative estimate of drug-likeness (QED) is 0.740. The van der Waals surface area contributed by atoms with Crippen LogP contribution in [0.25, 0.3) is 0 Å². The second-order valence-electron chi connectivity index (χ2n) is 5.92. The maximum atomic E-state index is 4.55. The molecule has 1 N–H and O–H groups in total. The highest BCUT2D eigenvalue weighted by Crippen LogP contribution is 2.13. The average molecular weight is 265 g/mol. The molecule has 1 unspecified atom stereocenters. The minimum absolute atomic E-state index is 0.587. The van der Waals surface area contributed by atoms with E-state index in [-0.39, 0.29) is 0 Å². The maximum Gasteiger partial charge on any atom is 0.0596 e. The number of hydrogen-bond acceptors (Lipinski definition) is 2. The van der Waals surface area contributed by atoms with E-state index in [2.05, 4.69) is 55.8 Å². The fourth-order valence-electron chi connectivity index (χ4n) is 2.45. The molecule has 3 heteroatoms. The van der Waals surface area contributed by atoms with Crippen molar-refractivity contribution in [3.63, 3.8) is 0 Å². The van der Waals surface area contributed by atoms with Gasteiger partial charge >= 0.3 is 0 Å². The summed E-state index contributed by atoms with van der Waals surface area (Å²) in [6.45, 7) is 13.2. The Morgan fingerprint density at radius 1 is 1.26 bits per heavy atom. The summed E-state index contributed by atoms with van der Waals surface area (Å²) < 4.78 is 2.14. The Morgan fingerprint density at radius 2 is 2.00 bits per heavy atom. The Hall–Kier alpha value is -0.830. The summed E-state index contributed by atoms with van der Waals surface area (Å²) >= 11 is 0. The Morgan fingerprint density at radius 3 is 2.58 bits per heavy atom. The number of aromatic nitrogens is 2. The van der Waals surface area contributed by atoms with Crippen LogP contribution >= 0.6 is 0 Å². The molecule has 0 aromatic carbocycles. The van der Waals surface area contributed by atoms with Crippen LogP contribution < -0.4 is 5.32 Å². The summed E-state index contributed by atoms with van der Waals surface area (Å²) in [6.07, 6.45) is 4.85. The molecule has 110 valence electrons. The molecule has 0 aliphatic rings. The highest BCUT2D eigenvalue weighted by Gasteiger charge is 2.13. The van der Waals surface area contributed by atoms with Crippen molar-refractivity contribution in [3.05, 3.63) is 17.5 Å². The van der Waals surface area contributed by atoms with Crippen LogP contribution in [0.15, 0.2) is 6.07 Å². The molecule has 0 radical (unpaired) electrons. The summed E-state index contributed by atoms with van der Waals surface area (Å²) in [7, 11) is 0. The molecule has 0 spiro atoms. The van der Waals surface area contributed by atoms with Crippen LogP contribution in [0.3, 0.4) is 0 Å². The van der Waals surface area contributed by atoms with Crippen LogP contribution in [0.1, 0.15) is 58.3 Å². The molecule has 0 aliphatic heterocycles. The number of nitrogens with one attached hydrogen (secondary N) is 1. The summed E-state index contributed by atoms with van der Waals surface area (Å²) in [5, 5.41) is 8.24. The lowest BCUT2D eigenvalue weighted by Crippen LogP contribution is -2.32. The monoisotopic (exact) mass is 265 g/mol. The van der Waals surface area contributed by atoms with Crippen LogP contribution in [-0.4, -0.2) is 22.4 Å². The van der Waals surface area contributed by atoms with Crippen molar-refractivity contribution in [1.82, 2.24) is 15.1 Å². The first-order valence-electron chi connectivity index (χ1n) is 7.83. The van der Waals surface area contributed by atoms with E-state index < -0.39 is 0 Å². The van der Waals surface area contributed by atoms with Crippen molar-refractivity contribution in [3.8, 4) is 0 Å². The van der Waals surface area contributed by atoms with Gasteiger partial charge in [-0.3, -0.25) is 4.68 Å². The normalized spacial score (nSPS) is 13.2. The molecule has 3 nitrogen and oxygen atoms in total. The zero-order valence-corrected chi connectivity index (χ0v) is 13.4. The SMILES string of the molecule is CCCNC(CCC(C)C)Cc1cc(C)nn1CC. The fourth-order valence-corrected chi connectivity index (χ4v) is 2.45. The smallest absolute Gasteiger partial charge is 0.0596 e. The van der Waals surface area contributed by atoms with Gasteiger partial charge in [-0.05, 0) is 51.6 Å². The van der Waals surface area contributed by atoms with Crippen molar-refractivity contribution in [2.75, 3.05) is 6.54 Å². The molecular formula is C16H31N3. The number of hydrogen-bond donors (Lipinski definition) is 1. The van der Waals surface area contributed by atoms with Gasteiger partial charge in [0.1, 0.15) is 0 Å². The molecular weight excluding hydrogens is 234 g/mol. The first kappa shape index (κ1) is 16.2. The molecule has 0 fully saturated rings. The Balaban J connectivity index is 2.63. The Labute approximate surface area is 118 Å². The zero-order chi connectivity index (χ0) is 14.3. The van der Waals surface area contributed by atoms with Crippen molar-refractivity contribution in [2.45, 2.75) is 72.9 Å². The van der Waals surface area contributed by atoms with E-state index >= 15 is 0 Å². The van der Waals surface area contributed by atoms with E-state index in [4.69, 9.17) is 0 Å². The number of nitrogens with zero attached hydrogens (tertiary/aromatic N) is 2. The molecule has 1 atom stereocenters. The van der Waals surface area contributed by atoms with Gasteiger partial charge in [0.25, 0.3) is 0 Å². The molecule has 0 amide bonds. The lowest BCUT2D eigenvalue weighted by Gasteiger charge is -2.20. The maximum absolute atomic E-state index is 4.55. The summed E-state index contributed by atoms with van der Waals surface area (Å²) in [5.74, 6) is 0.781. The van der Waals surface area contributed by atoms with Gasteiger partial charge in [-0.2, -0.15) is 5.10 Å². The van der Waals surface area contributed by atoms with Crippen molar-refractivity contribution >= 4 is 0 Å². The van der Waals surface area contributed by atoms with Gasteiger partial charge in [0.05, 0.1) is 5.69 Å². The third kappa shape index (κ3) is 5.77. The zero-order valence-electron chi connectivity index (χ0n) is 13.4. The Kier molecular flexibility index (Phi) is 7.14. The second-order valence-corrected chi connectivity index (χ2v) is 5.92. The third-order valence-electron chi connectivity index (χ3n) is 3.52. The largest absolute Gasteiger partial charge is 0.314 e. The van der Waals surface area contributed by atoms with Gasteiger partial charge in [-0.1, -0.05) is 20.8 Å². The minimum atomic E-state index is 0.587. The van der Waals surface area contributed by atoms with E-state index in [1.807, 2.05) is 0 Å². The van der Waals surface area contributed by atoms with Gasteiger partial charge in [0.2, 0.25) is 0 Å². The lowest BCUT2D eigenvalue weighted by atomic mass is 9.99. The predicted octanol–water partition coefficient (Wildman–Crippen LogP) is 3.56. The molecule has 1 aromatic rings. The van der Waals surface area contributed by atoms with Gasteiger partial charge in [0, 0.05) is 24.7 Å². The van der Waals surface area contributed by atoms with E-state index in [0.717, 1.165) is 31.1 Å². The van der Waals surface area contributed by atoms with Crippen LogP contribution in [0.2, 0.25) is 0 Å². The fraction of sp³-hybridized carbons (Fsp3) is 0.812. The van der Waals surface area contributed by atoms with Gasteiger partial charge in [0.15, 0.2) is 0 Å². The first-order valence-corrected chi connectivity index (χ1v) is 7.83. The molecule has 0 aliphatic carbocycles. The van der Waals surface area contributed by atoms with Gasteiger partial charge in [-0.25, -0.2) is 0 Å². The number of rotatable bonds is 9. The van der Waals surface area contributed by atoms with Crippen LogP contribution in [-0.2, 0) is 13.0 Å². The highest BCUT2D eigenvalue weighted by molar-refractivity contribution is 5.10. The van der Waals surface area contributed by atoms with E-state index in [0.29, 0.717) is 6.04 Å². The summed E-state index contributed by atoms with van der Waals surface area (Å²) in [5.41, 5.74) is 2.51. The predicted molar refractivity (Wildman–Crippen MR) is 82.5 cm³/mol. The van der Waals surface area contributed by atoms with E-state index in [1.165, 1.54) is 25.0 Å². The van der Waals surface area contributed by atoms with Crippen LogP contribution in [0, 0.1) is 12.8 Å². The van der Waals surface area contributed by atoms with Crippen molar-refractivity contribution in [1.29, 1.82) is 0 Å².